The molecule has 2 aliphatic carbocycles. The summed E-state index contributed by atoms with van der Waals surface area (Å²) in [7, 11) is 0. The molecule has 0 aromatic rings. The fraction of sp³-hybridized carbons (Fsp3) is 0.905. The summed E-state index contributed by atoms with van der Waals surface area (Å²) in [6, 6.07) is 0.776. The second-order valence-electron chi connectivity index (χ2n) is 8.95. The summed E-state index contributed by atoms with van der Waals surface area (Å²) in [6.07, 6.45) is 8.15. The number of hydrogen-bond donors (Lipinski definition) is 0. The van der Waals surface area contributed by atoms with E-state index in [9.17, 15) is 9.59 Å². The maximum Gasteiger partial charge on any atom is 0.237 e. The van der Waals surface area contributed by atoms with Crippen LogP contribution < -0.4 is 0 Å². The molecule has 5 nitrogen and oxygen atoms in total. The number of carbonyl (C=O) groups excluding carboxylic acids is 2. The molecule has 2 amide bonds. The molecule has 5 heteroatoms. The van der Waals surface area contributed by atoms with Crippen LogP contribution in [0.15, 0.2) is 0 Å². The molecular formula is C21H37N3O2. The van der Waals surface area contributed by atoms with Crippen molar-refractivity contribution in [3.63, 3.8) is 0 Å². The zero-order chi connectivity index (χ0) is 18.7. The van der Waals surface area contributed by atoms with Crippen LogP contribution in [-0.2, 0) is 9.59 Å². The highest BCUT2D eigenvalue weighted by Gasteiger charge is 2.37. The number of amides is 2. The number of piperazine rings is 1. The van der Waals surface area contributed by atoms with Crippen molar-refractivity contribution in [2.75, 3.05) is 32.7 Å². The van der Waals surface area contributed by atoms with E-state index in [1.165, 1.54) is 19.3 Å². The molecule has 3 aliphatic rings. The SMILES string of the molecule is CC(C)C(C)N(C(=O)CN1CCN(C(=O)C2CCCCC2)CC1)C1CC1. The highest BCUT2D eigenvalue weighted by Crippen LogP contribution is 2.31. The first-order valence-electron chi connectivity index (χ1n) is 10.8. The minimum Gasteiger partial charge on any atom is -0.340 e. The van der Waals surface area contributed by atoms with Crippen molar-refractivity contribution < 1.29 is 9.59 Å². The van der Waals surface area contributed by atoms with Gasteiger partial charge in [-0.25, -0.2) is 0 Å². The van der Waals surface area contributed by atoms with E-state index in [2.05, 4.69) is 30.6 Å². The fourth-order valence-corrected chi connectivity index (χ4v) is 4.44. The van der Waals surface area contributed by atoms with E-state index in [0.717, 1.165) is 51.9 Å². The van der Waals surface area contributed by atoms with E-state index in [1.807, 2.05) is 4.90 Å². The average Bonchev–Trinajstić information content (AvgIpc) is 3.47. The van der Waals surface area contributed by atoms with Crippen LogP contribution in [0.2, 0.25) is 0 Å². The van der Waals surface area contributed by atoms with Crippen molar-refractivity contribution in [3.05, 3.63) is 0 Å². The van der Waals surface area contributed by atoms with Crippen molar-refractivity contribution >= 4 is 11.8 Å². The Hall–Kier alpha value is -1.10. The van der Waals surface area contributed by atoms with Gasteiger partial charge in [0.2, 0.25) is 11.8 Å². The van der Waals surface area contributed by atoms with Gasteiger partial charge in [0.25, 0.3) is 0 Å². The van der Waals surface area contributed by atoms with Gasteiger partial charge in [0.15, 0.2) is 0 Å². The lowest BCUT2D eigenvalue weighted by Gasteiger charge is -2.38. The van der Waals surface area contributed by atoms with Crippen molar-refractivity contribution in [1.29, 1.82) is 0 Å². The van der Waals surface area contributed by atoms with E-state index in [0.29, 0.717) is 30.5 Å². The molecule has 0 aromatic carbocycles. The van der Waals surface area contributed by atoms with Crippen LogP contribution in [0.1, 0.15) is 65.7 Å². The zero-order valence-electron chi connectivity index (χ0n) is 17.0. The van der Waals surface area contributed by atoms with Crippen molar-refractivity contribution in [3.8, 4) is 0 Å². The third-order valence-corrected chi connectivity index (χ3v) is 6.63. The summed E-state index contributed by atoms with van der Waals surface area (Å²) in [5.41, 5.74) is 0. The van der Waals surface area contributed by atoms with Gasteiger partial charge in [0.1, 0.15) is 0 Å². The molecule has 0 aromatic heterocycles. The van der Waals surface area contributed by atoms with Crippen molar-refractivity contribution in [2.45, 2.75) is 77.8 Å². The van der Waals surface area contributed by atoms with E-state index < -0.39 is 0 Å². The summed E-state index contributed by atoms with van der Waals surface area (Å²) >= 11 is 0. The van der Waals surface area contributed by atoms with Crippen LogP contribution >= 0.6 is 0 Å². The maximum absolute atomic E-state index is 12.9. The number of hydrogen-bond acceptors (Lipinski definition) is 3. The molecule has 3 fully saturated rings. The van der Waals surface area contributed by atoms with E-state index in [1.54, 1.807) is 0 Å². The predicted octanol–water partition coefficient (Wildman–Crippen LogP) is 2.75. The lowest BCUT2D eigenvalue weighted by Crippen LogP contribution is -2.54. The molecule has 1 unspecified atom stereocenters. The lowest BCUT2D eigenvalue weighted by atomic mass is 9.88. The van der Waals surface area contributed by atoms with Gasteiger partial charge in [-0.1, -0.05) is 33.1 Å². The van der Waals surface area contributed by atoms with Crippen molar-refractivity contribution in [2.24, 2.45) is 11.8 Å². The van der Waals surface area contributed by atoms with Crippen LogP contribution in [0, 0.1) is 11.8 Å². The molecule has 1 saturated heterocycles. The Morgan fingerprint density at radius 1 is 0.923 bits per heavy atom. The minimum absolute atomic E-state index is 0.259. The monoisotopic (exact) mass is 363 g/mol. The molecule has 0 radical (unpaired) electrons. The highest BCUT2D eigenvalue weighted by atomic mass is 16.2. The Morgan fingerprint density at radius 3 is 2.08 bits per heavy atom. The summed E-state index contributed by atoms with van der Waals surface area (Å²) in [4.78, 5) is 32.0. The topological polar surface area (TPSA) is 43.9 Å². The van der Waals surface area contributed by atoms with E-state index >= 15 is 0 Å². The molecule has 1 atom stereocenters. The highest BCUT2D eigenvalue weighted by molar-refractivity contribution is 5.80. The van der Waals surface area contributed by atoms with Gasteiger partial charge in [0, 0.05) is 44.2 Å². The first-order chi connectivity index (χ1) is 12.5. The third kappa shape index (κ3) is 4.79. The fourth-order valence-electron chi connectivity index (χ4n) is 4.44. The molecule has 148 valence electrons. The molecular weight excluding hydrogens is 326 g/mol. The normalized spacial score (nSPS) is 23.9. The quantitative estimate of drug-likeness (QED) is 0.729. The molecule has 0 N–H and O–H groups in total. The van der Waals surface area contributed by atoms with Gasteiger partial charge in [0.05, 0.1) is 6.54 Å². The molecule has 2 saturated carbocycles. The molecule has 26 heavy (non-hydrogen) atoms. The zero-order valence-corrected chi connectivity index (χ0v) is 17.0. The molecule has 0 spiro atoms. The summed E-state index contributed by atoms with van der Waals surface area (Å²) in [6.45, 7) is 10.3. The Balaban J connectivity index is 1.47. The summed E-state index contributed by atoms with van der Waals surface area (Å²) < 4.78 is 0. The second-order valence-corrected chi connectivity index (χ2v) is 8.95. The van der Waals surface area contributed by atoms with E-state index in [-0.39, 0.29) is 11.8 Å². The molecule has 3 rings (SSSR count). The molecule has 0 bridgehead atoms. The predicted molar refractivity (Wildman–Crippen MR) is 104 cm³/mol. The lowest BCUT2D eigenvalue weighted by molar-refractivity contribution is -0.140. The number of nitrogens with zero attached hydrogens (tertiary/aromatic N) is 3. The van der Waals surface area contributed by atoms with Crippen LogP contribution in [0.5, 0.6) is 0 Å². The van der Waals surface area contributed by atoms with Crippen LogP contribution in [0.3, 0.4) is 0 Å². The Labute approximate surface area is 159 Å². The van der Waals surface area contributed by atoms with Gasteiger partial charge in [-0.05, 0) is 38.5 Å². The van der Waals surface area contributed by atoms with Gasteiger partial charge in [-0.3, -0.25) is 14.5 Å². The second kappa shape index (κ2) is 8.73. The summed E-state index contributed by atoms with van der Waals surface area (Å²) in [5.74, 6) is 1.39. The largest absolute Gasteiger partial charge is 0.340 e. The molecule has 1 aliphatic heterocycles. The van der Waals surface area contributed by atoms with Gasteiger partial charge >= 0.3 is 0 Å². The first kappa shape index (κ1) is 19.7. The van der Waals surface area contributed by atoms with Crippen LogP contribution in [0.4, 0.5) is 0 Å². The Kier molecular flexibility index (Phi) is 6.60. The smallest absolute Gasteiger partial charge is 0.237 e. The maximum atomic E-state index is 12.9. The summed E-state index contributed by atoms with van der Waals surface area (Å²) in [5, 5.41) is 0. The van der Waals surface area contributed by atoms with E-state index in [4.69, 9.17) is 0 Å². The van der Waals surface area contributed by atoms with Gasteiger partial charge in [-0.2, -0.15) is 0 Å². The third-order valence-electron chi connectivity index (χ3n) is 6.63. The number of carbonyl (C=O) groups is 2. The van der Waals surface area contributed by atoms with Crippen LogP contribution in [-0.4, -0.2) is 71.3 Å². The van der Waals surface area contributed by atoms with Crippen LogP contribution in [0.25, 0.3) is 0 Å². The number of rotatable bonds is 6. The van der Waals surface area contributed by atoms with Gasteiger partial charge < -0.3 is 9.80 Å². The Morgan fingerprint density at radius 2 is 1.54 bits per heavy atom. The minimum atomic E-state index is 0.259. The van der Waals surface area contributed by atoms with Crippen molar-refractivity contribution in [1.82, 2.24) is 14.7 Å². The average molecular weight is 364 g/mol. The Bertz CT molecular complexity index is 489. The molecule has 1 heterocycles. The first-order valence-corrected chi connectivity index (χ1v) is 10.8. The van der Waals surface area contributed by atoms with Gasteiger partial charge in [-0.15, -0.1) is 0 Å². The standard InChI is InChI=1S/C21H37N3O2/c1-16(2)17(3)24(19-9-10-19)20(25)15-22-11-13-23(14-12-22)21(26)18-7-5-4-6-8-18/h16-19H,4-15H2,1-3H3.